The first-order valence-electron chi connectivity index (χ1n) is 4.52. The SMILES string of the molecule is Cc1ncc(S(=O)(=O)Nc2ccncc2)[nH]1. The van der Waals surface area contributed by atoms with Crippen LogP contribution in [-0.4, -0.2) is 23.4 Å². The second kappa shape index (κ2) is 3.93. The van der Waals surface area contributed by atoms with Gasteiger partial charge in [0, 0.05) is 12.4 Å². The van der Waals surface area contributed by atoms with Crippen molar-refractivity contribution in [2.75, 3.05) is 4.72 Å². The lowest BCUT2D eigenvalue weighted by Crippen LogP contribution is -2.13. The van der Waals surface area contributed by atoms with Gasteiger partial charge in [0.05, 0.1) is 11.9 Å². The molecule has 0 bridgehead atoms. The summed E-state index contributed by atoms with van der Waals surface area (Å²) in [5.74, 6) is 0.551. The van der Waals surface area contributed by atoms with Crippen molar-refractivity contribution < 1.29 is 8.42 Å². The minimum Gasteiger partial charge on any atom is -0.332 e. The predicted octanol–water partition coefficient (Wildman–Crippen LogP) is 0.914. The number of hydrogen-bond acceptors (Lipinski definition) is 4. The van der Waals surface area contributed by atoms with Crippen LogP contribution < -0.4 is 4.72 Å². The molecule has 2 rings (SSSR count). The van der Waals surface area contributed by atoms with Gasteiger partial charge in [-0.15, -0.1) is 0 Å². The number of hydrogen-bond donors (Lipinski definition) is 2. The Labute approximate surface area is 92.8 Å². The normalized spacial score (nSPS) is 11.3. The fourth-order valence-corrected chi connectivity index (χ4v) is 2.19. The summed E-state index contributed by atoms with van der Waals surface area (Å²) < 4.78 is 26.0. The van der Waals surface area contributed by atoms with Crippen molar-refractivity contribution in [2.45, 2.75) is 11.9 Å². The average molecular weight is 238 g/mol. The molecular weight excluding hydrogens is 228 g/mol. The van der Waals surface area contributed by atoms with E-state index in [2.05, 4.69) is 19.7 Å². The van der Waals surface area contributed by atoms with E-state index >= 15 is 0 Å². The molecule has 0 spiro atoms. The van der Waals surface area contributed by atoms with E-state index in [0.29, 0.717) is 11.5 Å². The Bertz CT molecular complexity index is 577. The molecule has 2 N–H and O–H groups in total. The zero-order valence-electron chi connectivity index (χ0n) is 8.51. The second-order valence-electron chi connectivity index (χ2n) is 3.17. The quantitative estimate of drug-likeness (QED) is 0.832. The summed E-state index contributed by atoms with van der Waals surface area (Å²) in [5.41, 5.74) is 0.460. The highest BCUT2D eigenvalue weighted by Crippen LogP contribution is 2.12. The van der Waals surface area contributed by atoms with E-state index < -0.39 is 10.0 Å². The second-order valence-corrected chi connectivity index (χ2v) is 4.83. The number of aryl methyl sites for hydroxylation is 1. The van der Waals surface area contributed by atoms with Gasteiger partial charge in [-0.1, -0.05) is 0 Å². The molecule has 0 unspecified atom stereocenters. The predicted molar refractivity (Wildman–Crippen MR) is 58.4 cm³/mol. The molecule has 0 saturated heterocycles. The Hall–Kier alpha value is -1.89. The third kappa shape index (κ3) is 2.19. The van der Waals surface area contributed by atoms with Gasteiger partial charge in [0.2, 0.25) is 0 Å². The molecule has 0 aromatic carbocycles. The minimum absolute atomic E-state index is 0.0433. The molecule has 0 saturated carbocycles. The molecule has 2 aromatic rings. The maximum Gasteiger partial charge on any atom is 0.278 e. The maximum atomic E-state index is 11.8. The highest BCUT2D eigenvalue weighted by Gasteiger charge is 2.16. The van der Waals surface area contributed by atoms with Gasteiger partial charge in [0.1, 0.15) is 5.82 Å². The minimum atomic E-state index is -3.59. The molecular formula is C9H10N4O2S. The lowest BCUT2D eigenvalue weighted by molar-refractivity contribution is 0.598. The van der Waals surface area contributed by atoms with Crippen LogP contribution in [-0.2, 0) is 10.0 Å². The number of rotatable bonds is 3. The van der Waals surface area contributed by atoms with Gasteiger partial charge in [-0.05, 0) is 19.1 Å². The van der Waals surface area contributed by atoms with E-state index in [1.807, 2.05) is 0 Å². The van der Waals surface area contributed by atoms with Crippen LogP contribution in [0.1, 0.15) is 5.82 Å². The van der Waals surface area contributed by atoms with Crippen molar-refractivity contribution in [1.29, 1.82) is 0 Å². The summed E-state index contributed by atoms with van der Waals surface area (Å²) in [4.78, 5) is 10.3. The maximum absolute atomic E-state index is 11.8. The van der Waals surface area contributed by atoms with Gasteiger partial charge in [0.15, 0.2) is 5.03 Å². The molecule has 6 nitrogen and oxygen atoms in total. The molecule has 0 aliphatic carbocycles. The highest BCUT2D eigenvalue weighted by atomic mass is 32.2. The summed E-state index contributed by atoms with van der Waals surface area (Å²) in [7, 11) is -3.59. The van der Waals surface area contributed by atoms with Crippen LogP contribution in [0, 0.1) is 6.92 Å². The molecule has 16 heavy (non-hydrogen) atoms. The fraction of sp³-hybridized carbons (Fsp3) is 0.111. The van der Waals surface area contributed by atoms with E-state index in [0.717, 1.165) is 0 Å². The van der Waals surface area contributed by atoms with Crippen LogP contribution in [0.15, 0.2) is 35.7 Å². The molecule has 0 amide bonds. The molecule has 2 aromatic heterocycles. The number of anilines is 1. The largest absolute Gasteiger partial charge is 0.332 e. The van der Waals surface area contributed by atoms with Gasteiger partial charge >= 0.3 is 0 Å². The first kappa shape index (κ1) is 10.6. The Morgan fingerprint density at radius 3 is 2.56 bits per heavy atom. The fourth-order valence-electron chi connectivity index (χ4n) is 1.16. The number of sulfonamides is 1. The third-order valence-corrected chi connectivity index (χ3v) is 3.19. The average Bonchev–Trinajstić information content (AvgIpc) is 2.66. The smallest absolute Gasteiger partial charge is 0.278 e. The van der Waals surface area contributed by atoms with E-state index in [1.165, 1.54) is 18.6 Å². The Morgan fingerprint density at radius 1 is 1.31 bits per heavy atom. The van der Waals surface area contributed by atoms with Gasteiger partial charge in [-0.2, -0.15) is 8.42 Å². The lowest BCUT2D eigenvalue weighted by Gasteiger charge is -2.04. The molecule has 0 aliphatic rings. The monoisotopic (exact) mass is 238 g/mol. The van der Waals surface area contributed by atoms with Crippen LogP contribution >= 0.6 is 0 Å². The van der Waals surface area contributed by atoms with Crippen LogP contribution in [0.25, 0.3) is 0 Å². The zero-order valence-corrected chi connectivity index (χ0v) is 9.32. The number of H-pyrrole nitrogens is 1. The van der Waals surface area contributed by atoms with Gasteiger partial charge in [0.25, 0.3) is 10.0 Å². The van der Waals surface area contributed by atoms with Crippen LogP contribution in [0.2, 0.25) is 0 Å². The molecule has 2 heterocycles. The molecule has 0 fully saturated rings. The third-order valence-electron chi connectivity index (χ3n) is 1.90. The molecule has 0 radical (unpaired) electrons. The van der Waals surface area contributed by atoms with E-state index in [9.17, 15) is 8.42 Å². The number of nitrogens with zero attached hydrogens (tertiary/aromatic N) is 2. The zero-order chi connectivity index (χ0) is 11.6. The first-order chi connectivity index (χ1) is 7.58. The molecule has 0 aliphatic heterocycles. The van der Waals surface area contributed by atoms with E-state index in [1.54, 1.807) is 19.1 Å². The number of aromatic amines is 1. The standard InChI is InChI=1S/C9H10N4O2S/c1-7-11-6-9(12-7)16(14,15)13-8-2-4-10-5-3-8/h2-6H,1H3,(H,10,13)(H,11,12). The van der Waals surface area contributed by atoms with Crippen molar-refractivity contribution in [1.82, 2.24) is 15.0 Å². The molecule has 84 valence electrons. The summed E-state index contributed by atoms with van der Waals surface area (Å²) >= 11 is 0. The van der Waals surface area contributed by atoms with Crippen molar-refractivity contribution in [3.8, 4) is 0 Å². The Kier molecular flexibility index (Phi) is 2.61. The van der Waals surface area contributed by atoms with Crippen molar-refractivity contribution in [2.24, 2.45) is 0 Å². The van der Waals surface area contributed by atoms with Crippen LogP contribution in [0.3, 0.4) is 0 Å². The van der Waals surface area contributed by atoms with E-state index in [4.69, 9.17) is 0 Å². The number of nitrogens with one attached hydrogen (secondary N) is 2. The topological polar surface area (TPSA) is 87.7 Å². The summed E-state index contributed by atoms with van der Waals surface area (Å²) in [6, 6.07) is 3.14. The first-order valence-corrected chi connectivity index (χ1v) is 6.01. The molecule has 7 heteroatoms. The Morgan fingerprint density at radius 2 is 2.00 bits per heavy atom. The highest BCUT2D eigenvalue weighted by molar-refractivity contribution is 7.92. The Balaban J connectivity index is 2.28. The number of imidazole rings is 1. The van der Waals surface area contributed by atoms with Crippen LogP contribution in [0.5, 0.6) is 0 Å². The van der Waals surface area contributed by atoms with Crippen LogP contribution in [0.4, 0.5) is 5.69 Å². The van der Waals surface area contributed by atoms with E-state index in [-0.39, 0.29) is 5.03 Å². The summed E-state index contributed by atoms with van der Waals surface area (Å²) in [5, 5.41) is 0.0433. The van der Waals surface area contributed by atoms with Gasteiger partial charge in [-0.25, -0.2) is 4.98 Å². The van der Waals surface area contributed by atoms with Gasteiger partial charge in [-0.3, -0.25) is 9.71 Å². The van der Waals surface area contributed by atoms with Gasteiger partial charge < -0.3 is 4.98 Å². The van der Waals surface area contributed by atoms with Crippen molar-refractivity contribution >= 4 is 15.7 Å². The van der Waals surface area contributed by atoms with Crippen molar-refractivity contribution in [3.05, 3.63) is 36.5 Å². The lowest BCUT2D eigenvalue weighted by atomic mass is 10.4. The number of aromatic nitrogens is 3. The van der Waals surface area contributed by atoms with Crippen molar-refractivity contribution in [3.63, 3.8) is 0 Å². The molecule has 0 atom stereocenters. The summed E-state index contributed by atoms with van der Waals surface area (Å²) in [6.07, 6.45) is 4.30. The number of pyridine rings is 1. The summed E-state index contributed by atoms with van der Waals surface area (Å²) in [6.45, 7) is 1.69.